The first-order valence-electron chi connectivity index (χ1n) is 5.47. The van der Waals surface area contributed by atoms with Gasteiger partial charge in [0, 0.05) is 13.0 Å². The molecule has 0 aromatic heterocycles. The van der Waals surface area contributed by atoms with Crippen LogP contribution in [-0.2, 0) is 9.47 Å². The Bertz CT molecular complexity index is 134. The van der Waals surface area contributed by atoms with E-state index in [4.69, 9.17) is 9.47 Å². The minimum absolute atomic E-state index is 0.0824. The van der Waals surface area contributed by atoms with E-state index in [9.17, 15) is 0 Å². The van der Waals surface area contributed by atoms with Crippen LogP contribution in [0.2, 0.25) is 0 Å². The highest BCUT2D eigenvalue weighted by Crippen LogP contribution is 2.26. The number of hydrogen-bond acceptors (Lipinski definition) is 2. The minimum Gasteiger partial charge on any atom is -0.353 e. The summed E-state index contributed by atoms with van der Waals surface area (Å²) in [6.07, 6.45) is 3.51. The monoisotopic (exact) mass is 186 g/mol. The van der Waals surface area contributed by atoms with Crippen LogP contribution in [0.5, 0.6) is 0 Å². The lowest BCUT2D eigenvalue weighted by atomic mass is 9.95. The molecule has 0 amide bonds. The van der Waals surface area contributed by atoms with Crippen molar-refractivity contribution in [2.75, 3.05) is 13.2 Å². The van der Waals surface area contributed by atoms with Crippen molar-refractivity contribution in [3.05, 3.63) is 0 Å². The van der Waals surface area contributed by atoms with Gasteiger partial charge in [-0.05, 0) is 18.3 Å². The topological polar surface area (TPSA) is 18.5 Å². The summed E-state index contributed by atoms with van der Waals surface area (Å²) in [5.41, 5.74) is 0. The molecule has 0 radical (unpaired) electrons. The molecule has 1 saturated heterocycles. The fourth-order valence-electron chi connectivity index (χ4n) is 1.55. The molecule has 0 aromatic carbocycles. The molecule has 0 aromatic rings. The zero-order chi connectivity index (χ0) is 9.68. The molecular formula is C11H22O2. The molecule has 13 heavy (non-hydrogen) atoms. The van der Waals surface area contributed by atoms with Crippen molar-refractivity contribution in [1.82, 2.24) is 0 Å². The normalized spacial score (nSPS) is 28.6. The average Bonchev–Trinajstić information content (AvgIpc) is 2.53. The molecule has 1 heterocycles. The van der Waals surface area contributed by atoms with Gasteiger partial charge in [-0.3, -0.25) is 0 Å². The molecule has 78 valence electrons. The highest BCUT2D eigenvalue weighted by Gasteiger charge is 2.27. The molecule has 0 aliphatic carbocycles. The molecule has 0 saturated carbocycles. The first-order chi connectivity index (χ1) is 6.24. The lowest BCUT2D eigenvalue weighted by Crippen LogP contribution is -2.12. The van der Waals surface area contributed by atoms with Gasteiger partial charge in [0.2, 0.25) is 0 Å². The highest BCUT2D eigenvalue weighted by atomic mass is 16.7. The molecule has 2 heteroatoms. The molecule has 1 fully saturated rings. The molecule has 2 atom stereocenters. The van der Waals surface area contributed by atoms with E-state index in [0.717, 1.165) is 32.0 Å². The molecule has 0 N–H and O–H groups in total. The van der Waals surface area contributed by atoms with Gasteiger partial charge in [0.05, 0.1) is 6.61 Å². The molecule has 0 bridgehead atoms. The summed E-state index contributed by atoms with van der Waals surface area (Å²) in [6, 6.07) is 0. The van der Waals surface area contributed by atoms with Gasteiger partial charge in [-0.25, -0.2) is 0 Å². The van der Waals surface area contributed by atoms with E-state index in [1.807, 2.05) is 0 Å². The summed E-state index contributed by atoms with van der Waals surface area (Å²) in [4.78, 5) is 0. The van der Waals surface area contributed by atoms with Crippen LogP contribution in [0.3, 0.4) is 0 Å². The van der Waals surface area contributed by atoms with Crippen molar-refractivity contribution >= 4 is 0 Å². The molecule has 1 aliphatic heterocycles. The van der Waals surface area contributed by atoms with E-state index in [2.05, 4.69) is 20.8 Å². The average molecular weight is 186 g/mol. The summed E-state index contributed by atoms with van der Waals surface area (Å²) in [7, 11) is 0. The SMILES string of the molecule is CCCCO[C@@H]1C[C@H](C(C)C)CO1. The third-order valence-corrected chi connectivity index (χ3v) is 2.74. The van der Waals surface area contributed by atoms with Gasteiger partial charge in [-0.15, -0.1) is 0 Å². The summed E-state index contributed by atoms with van der Waals surface area (Å²) >= 11 is 0. The Kier molecular flexibility index (Phi) is 4.74. The second-order valence-electron chi connectivity index (χ2n) is 4.23. The number of unbranched alkanes of at least 4 members (excludes halogenated alkanes) is 1. The maximum absolute atomic E-state index is 5.60. The van der Waals surface area contributed by atoms with Crippen molar-refractivity contribution in [2.45, 2.75) is 46.3 Å². The Morgan fingerprint density at radius 2 is 2.23 bits per heavy atom. The largest absolute Gasteiger partial charge is 0.353 e. The summed E-state index contributed by atoms with van der Waals surface area (Å²) in [6.45, 7) is 8.42. The number of hydrogen-bond donors (Lipinski definition) is 0. The van der Waals surface area contributed by atoms with E-state index in [1.165, 1.54) is 6.42 Å². The van der Waals surface area contributed by atoms with Gasteiger partial charge >= 0.3 is 0 Å². The summed E-state index contributed by atoms with van der Waals surface area (Å²) in [5, 5.41) is 0. The Balaban J connectivity index is 2.10. The van der Waals surface area contributed by atoms with E-state index in [0.29, 0.717) is 5.92 Å². The van der Waals surface area contributed by atoms with Crippen molar-refractivity contribution in [1.29, 1.82) is 0 Å². The van der Waals surface area contributed by atoms with Crippen molar-refractivity contribution in [3.8, 4) is 0 Å². The third kappa shape index (κ3) is 3.65. The van der Waals surface area contributed by atoms with Crippen LogP contribution >= 0.6 is 0 Å². The van der Waals surface area contributed by atoms with Gasteiger partial charge in [0.1, 0.15) is 0 Å². The van der Waals surface area contributed by atoms with E-state index < -0.39 is 0 Å². The van der Waals surface area contributed by atoms with Gasteiger partial charge in [0.25, 0.3) is 0 Å². The lowest BCUT2D eigenvalue weighted by molar-refractivity contribution is -0.111. The van der Waals surface area contributed by atoms with Gasteiger partial charge in [0.15, 0.2) is 6.29 Å². The zero-order valence-electron chi connectivity index (χ0n) is 9.08. The number of rotatable bonds is 5. The van der Waals surface area contributed by atoms with E-state index >= 15 is 0 Å². The van der Waals surface area contributed by atoms with Crippen molar-refractivity contribution in [3.63, 3.8) is 0 Å². The Morgan fingerprint density at radius 1 is 1.46 bits per heavy atom. The van der Waals surface area contributed by atoms with Gasteiger partial charge in [-0.2, -0.15) is 0 Å². The minimum atomic E-state index is 0.0824. The molecule has 1 rings (SSSR count). The fourth-order valence-corrected chi connectivity index (χ4v) is 1.55. The van der Waals surface area contributed by atoms with Gasteiger partial charge < -0.3 is 9.47 Å². The highest BCUT2D eigenvalue weighted by molar-refractivity contribution is 4.70. The molecule has 1 aliphatic rings. The summed E-state index contributed by atoms with van der Waals surface area (Å²) < 4.78 is 11.2. The Labute approximate surface area is 81.6 Å². The predicted octanol–water partition coefficient (Wildman–Crippen LogP) is 2.82. The lowest BCUT2D eigenvalue weighted by Gasteiger charge is -2.12. The Morgan fingerprint density at radius 3 is 2.77 bits per heavy atom. The maximum atomic E-state index is 5.60. The van der Waals surface area contributed by atoms with Crippen molar-refractivity contribution < 1.29 is 9.47 Å². The maximum Gasteiger partial charge on any atom is 0.157 e. The van der Waals surface area contributed by atoms with Crippen LogP contribution in [-0.4, -0.2) is 19.5 Å². The molecule has 0 unspecified atom stereocenters. The molecule has 0 spiro atoms. The molecular weight excluding hydrogens is 164 g/mol. The summed E-state index contributed by atoms with van der Waals surface area (Å²) in [5.74, 6) is 1.42. The first kappa shape index (κ1) is 11.0. The van der Waals surface area contributed by atoms with Crippen LogP contribution in [0, 0.1) is 11.8 Å². The fraction of sp³-hybridized carbons (Fsp3) is 1.00. The van der Waals surface area contributed by atoms with E-state index in [1.54, 1.807) is 0 Å². The van der Waals surface area contributed by atoms with Crippen LogP contribution < -0.4 is 0 Å². The van der Waals surface area contributed by atoms with Crippen LogP contribution in [0.4, 0.5) is 0 Å². The number of ether oxygens (including phenoxy) is 2. The zero-order valence-corrected chi connectivity index (χ0v) is 9.08. The second-order valence-corrected chi connectivity index (χ2v) is 4.23. The standard InChI is InChI=1S/C11H22O2/c1-4-5-6-12-11-7-10(8-13-11)9(2)3/h9-11H,4-8H2,1-3H3/t10-,11-/m0/s1. The smallest absolute Gasteiger partial charge is 0.157 e. The van der Waals surface area contributed by atoms with Crippen LogP contribution in [0.1, 0.15) is 40.0 Å². The third-order valence-electron chi connectivity index (χ3n) is 2.74. The Hall–Kier alpha value is -0.0800. The van der Waals surface area contributed by atoms with Crippen molar-refractivity contribution in [2.24, 2.45) is 11.8 Å². The predicted molar refractivity (Wildman–Crippen MR) is 53.5 cm³/mol. The molecule has 2 nitrogen and oxygen atoms in total. The first-order valence-corrected chi connectivity index (χ1v) is 5.47. The quantitative estimate of drug-likeness (QED) is 0.615. The van der Waals surface area contributed by atoms with Crippen LogP contribution in [0.15, 0.2) is 0 Å². The van der Waals surface area contributed by atoms with Gasteiger partial charge in [-0.1, -0.05) is 27.2 Å². The van der Waals surface area contributed by atoms with Crippen LogP contribution in [0.25, 0.3) is 0 Å². The van der Waals surface area contributed by atoms with E-state index in [-0.39, 0.29) is 6.29 Å². The second kappa shape index (κ2) is 5.61.